The second-order valence-corrected chi connectivity index (χ2v) is 13.4. The van der Waals surface area contributed by atoms with Crippen LogP contribution < -0.4 is 14.2 Å². The summed E-state index contributed by atoms with van der Waals surface area (Å²) in [6, 6.07) is 3.00. The first-order valence-electron chi connectivity index (χ1n) is 16.5. The van der Waals surface area contributed by atoms with Gasteiger partial charge < -0.3 is 14.2 Å². The zero-order valence-electron chi connectivity index (χ0n) is 25.9. The standard InChI is InChI=1S/C33H56Br3NO5/c34-22-16-10-4-1-7-13-19-25-40-31-28-30(37(38)39)29-32(41-26-20-14-8-2-5-11-17-23-35)33(31)42-27-21-15-9-3-6-12-18-24-36/h28-29H,1-27H2. The highest BCUT2D eigenvalue weighted by atomic mass is 79.9. The van der Waals surface area contributed by atoms with E-state index in [0.29, 0.717) is 37.1 Å². The van der Waals surface area contributed by atoms with Gasteiger partial charge in [0.15, 0.2) is 11.5 Å². The van der Waals surface area contributed by atoms with Crippen molar-refractivity contribution in [1.29, 1.82) is 0 Å². The molecule has 0 N–H and O–H groups in total. The lowest BCUT2D eigenvalue weighted by Crippen LogP contribution is -2.07. The van der Waals surface area contributed by atoms with E-state index in [9.17, 15) is 10.1 Å². The van der Waals surface area contributed by atoms with Crippen LogP contribution in [0.5, 0.6) is 17.2 Å². The fraction of sp³-hybridized carbons (Fsp3) is 0.818. The Kier molecular flexibility index (Phi) is 27.4. The number of halogens is 3. The molecular weight excluding hydrogens is 730 g/mol. The number of hydrogen-bond acceptors (Lipinski definition) is 5. The van der Waals surface area contributed by atoms with Crippen molar-refractivity contribution in [3.8, 4) is 17.2 Å². The summed E-state index contributed by atoms with van der Waals surface area (Å²) in [5, 5.41) is 15.0. The van der Waals surface area contributed by atoms with E-state index in [4.69, 9.17) is 14.2 Å². The average Bonchev–Trinajstić information content (AvgIpc) is 2.99. The van der Waals surface area contributed by atoms with Gasteiger partial charge in [-0.1, -0.05) is 144 Å². The third kappa shape index (κ3) is 21.2. The van der Waals surface area contributed by atoms with Gasteiger partial charge in [0.05, 0.1) is 36.9 Å². The van der Waals surface area contributed by atoms with Gasteiger partial charge in [0.25, 0.3) is 5.69 Å². The molecule has 0 aliphatic heterocycles. The van der Waals surface area contributed by atoms with Gasteiger partial charge in [0.2, 0.25) is 5.75 Å². The predicted octanol–water partition coefficient (Wildman–Crippen LogP) is 12.1. The van der Waals surface area contributed by atoms with Crippen LogP contribution in [0.25, 0.3) is 0 Å². The number of unbranched alkanes of at least 4 members (excludes halogenated alkanes) is 18. The van der Waals surface area contributed by atoms with E-state index in [0.717, 1.165) is 54.5 Å². The predicted molar refractivity (Wildman–Crippen MR) is 188 cm³/mol. The Hall–Kier alpha value is -0.540. The Balaban J connectivity index is 2.69. The van der Waals surface area contributed by atoms with Crippen molar-refractivity contribution in [3.05, 3.63) is 22.2 Å². The fourth-order valence-corrected chi connectivity index (χ4v) is 5.99. The third-order valence-corrected chi connectivity index (χ3v) is 8.99. The molecule has 6 nitrogen and oxygen atoms in total. The molecule has 9 heteroatoms. The lowest BCUT2D eigenvalue weighted by Gasteiger charge is -2.17. The first-order valence-corrected chi connectivity index (χ1v) is 19.9. The molecule has 0 aliphatic rings. The smallest absolute Gasteiger partial charge is 0.277 e. The van der Waals surface area contributed by atoms with Crippen LogP contribution in [-0.4, -0.2) is 40.7 Å². The van der Waals surface area contributed by atoms with E-state index in [2.05, 4.69) is 47.8 Å². The van der Waals surface area contributed by atoms with E-state index in [1.165, 1.54) is 108 Å². The summed E-state index contributed by atoms with van der Waals surface area (Å²) >= 11 is 10.5. The minimum Gasteiger partial charge on any atom is -0.489 e. The minimum atomic E-state index is -0.376. The van der Waals surface area contributed by atoms with E-state index < -0.39 is 0 Å². The summed E-state index contributed by atoms with van der Waals surface area (Å²) in [5.41, 5.74) is -0.0191. The Bertz CT molecular complexity index is 741. The first-order chi connectivity index (χ1) is 20.6. The molecule has 1 rings (SSSR count). The third-order valence-electron chi connectivity index (χ3n) is 7.31. The number of nitrogens with zero attached hydrogens (tertiary/aromatic N) is 1. The number of nitro benzene ring substituents is 1. The van der Waals surface area contributed by atoms with E-state index in [1.807, 2.05) is 0 Å². The van der Waals surface area contributed by atoms with Crippen LogP contribution in [0, 0.1) is 10.1 Å². The number of benzene rings is 1. The van der Waals surface area contributed by atoms with E-state index in [-0.39, 0.29) is 10.6 Å². The maximum absolute atomic E-state index is 11.7. The van der Waals surface area contributed by atoms with Crippen LogP contribution in [0.15, 0.2) is 12.1 Å². The molecule has 0 atom stereocenters. The molecule has 0 radical (unpaired) electrons. The average molecular weight is 787 g/mol. The van der Waals surface area contributed by atoms with Gasteiger partial charge in [0.1, 0.15) is 0 Å². The van der Waals surface area contributed by atoms with Gasteiger partial charge in [-0.3, -0.25) is 10.1 Å². The van der Waals surface area contributed by atoms with Crippen molar-refractivity contribution in [1.82, 2.24) is 0 Å². The normalized spacial score (nSPS) is 11.1. The molecule has 0 fully saturated rings. The van der Waals surface area contributed by atoms with Crippen molar-refractivity contribution in [2.24, 2.45) is 0 Å². The monoisotopic (exact) mass is 783 g/mol. The van der Waals surface area contributed by atoms with Crippen molar-refractivity contribution in [2.45, 2.75) is 135 Å². The zero-order valence-corrected chi connectivity index (χ0v) is 30.6. The summed E-state index contributed by atoms with van der Waals surface area (Å²) in [6.45, 7) is 1.58. The van der Waals surface area contributed by atoms with Gasteiger partial charge in [-0.25, -0.2) is 0 Å². The molecule has 0 bridgehead atoms. The summed E-state index contributed by atoms with van der Waals surface area (Å²) in [6.07, 6.45) is 24.7. The van der Waals surface area contributed by atoms with Crippen molar-refractivity contribution >= 4 is 53.5 Å². The summed E-state index contributed by atoms with van der Waals surface area (Å²) < 4.78 is 18.5. The van der Waals surface area contributed by atoms with Crippen LogP contribution in [0.2, 0.25) is 0 Å². The van der Waals surface area contributed by atoms with Crippen LogP contribution in [0.3, 0.4) is 0 Å². The molecule has 1 aromatic carbocycles. The van der Waals surface area contributed by atoms with Crippen LogP contribution in [0.1, 0.15) is 135 Å². The summed E-state index contributed by atoms with van der Waals surface area (Å²) in [4.78, 5) is 11.4. The number of hydrogen-bond donors (Lipinski definition) is 0. The summed E-state index contributed by atoms with van der Waals surface area (Å²) in [5.74, 6) is 1.37. The quantitative estimate of drug-likeness (QED) is 0.0324. The minimum absolute atomic E-state index is 0.0191. The summed E-state index contributed by atoms with van der Waals surface area (Å²) in [7, 11) is 0. The molecule has 0 saturated carbocycles. The molecule has 0 heterocycles. The number of nitro groups is 1. The van der Waals surface area contributed by atoms with Crippen LogP contribution in [0.4, 0.5) is 5.69 Å². The lowest BCUT2D eigenvalue weighted by molar-refractivity contribution is -0.385. The highest BCUT2D eigenvalue weighted by molar-refractivity contribution is 9.09. The Morgan fingerprint density at radius 2 is 0.762 bits per heavy atom. The second-order valence-electron chi connectivity index (χ2n) is 11.1. The van der Waals surface area contributed by atoms with Gasteiger partial charge in [-0.15, -0.1) is 0 Å². The van der Waals surface area contributed by atoms with Gasteiger partial charge >= 0.3 is 0 Å². The molecule has 0 aliphatic carbocycles. The van der Waals surface area contributed by atoms with E-state index in [1.54, 1.807) is 0 Å². The topological polar surface area (TPSA) is 70.8 Å². The number of ether oxygens (including phenoxy) is 3. The number of rotatable bonds is 31. The Labute approximate surface area is 281 Å². The van der Waals surface area contributed by atoms with Crippen molar-refractivity contribution in [3.63, 3.8) is 0 Å². The highest BCUT2D eigenvalue weighted by Gasteiger charge is 2.21. The molecule has 0 spiro atoms. The van der Waals surface area contributed by atoms with Crippen LogP contribution in [-0.2, 0) is 0 Å². The Morgan fingerprint density at radius 1 is 0.476 bits per heavy atom. The maximum atomic E-state index is 11.7. The molecule has 0 unspecified atom stereocenters. The van der Waals surface area contributed by atoms with Crippen LogP contribution >= 0.6 is 47.8 Å². The molecule has 0 amide bonds. The van der Waals surface area contributed by atoms with E-state index >= 15 is 0 Å². The molecule has 1 aromatic rings. The molecule has 0 saturated heterocycles. The Morgan fingerprint density at radius 3 is 1.07 bits per heavy atom. The lowest BCUT2D eigenvalue weighted by atomic mass is 10.1. The van der Waals surface area contributed by atoms with Gasteiger partial charge in [-0.05, 0) is 38.5 Å². The number of non-ortho nitro benzene ring substituents is 1. The molecular formula is C33H56Br3NO5. The van der Waals surface area contributed by atoms with Crippen molar-refractivity contribution < 1.29 is 19.1 Å². The van der Waals surface area contributed by atoms with Gasteiger partial charge in [0, 0.05) is 16.0 Å². The van der Waals surface area contributed by atoms with Gasteiger partial charge in [-0.2, -0.15) is 0 Å². The molecule has 0 aromatic heterocycles. The zero-order chi connectivity index (χ0) is 30.5. The molecule has 42 heavy (non-hydrogen) atoms. The maximum Gasteiger partial charge on any atom is 0.277 e. The molecule has 244 valence electrons. The largest absolute Gasteiger partial charge is 0.489 e. The highest BCUT2D eigenvalue weighted by Crippen LogP contribution is 2.42. The SMILES string of the molecule is O=[N+]([O-])c1cc(OCCCCCCCCCBr)c(OCCCCCCCCCBr)c(OCCCCCCCCCBr)c1. The first kappa shape index (κ1) is 39.5. The van der Waals surface area contributed by atoms with Crippen molar-refractivity contribution in [2.75, 3.05) is 35.8 Å². The fourth-order valence-electron chi connectivity index (χ4n) is 4.80. The second kappa shape index (κ2) is 29.2. The number of alkyl halides is 3.